The molecule has 0 atom stereocenters. The van der Waals surface area contributed by atoms with E-state index in [9.17, 15) is 14.0 Å². The van der Waals surface area contributed by atoms with Crippen molar-refractivity contribution in [3.05, 3.63) is 52.1 Å². The number of fused-ring (bicyclic) bond motifs is 1. The molecule has 0 aliphatic rings. The average molecular weight is 233 g/mol. The zero-order valence-corrected chi connectivity index (χ0v) is 8.61. The molecule has 0 fully saturated rings. The fourth-order valence-electron chi connectivity index (χ4n) is 1.48. The third-order valence-corrected chi connectivity index (χ3v) is 2.24. The van der Waals surface area contributed by atoms with Crippen LogP contribution in [-0.4, -0.2) is 16.1 Å². The summed E-state index contributed by atoms with van der Waals surface area (Å²) in [7, 11) is 0. The Balaban J connectivity index is 2.61. The number of H-pyrrole nitrogens is 1. The van der Waals surface area contributed by atoms with Crippen molar-refractivity contribution >= 4 is 22.9 Å². The van der Waals surface area contributed by atoms with Gasteiger partial charge in [0.1, 0.15) is 5.82 Å². The second kappa shape index (κ2) is 4.21. The van der Waals surface area contributed by atoms with E-state index in [4.69, 9.17) is 5.11 Å². The minimum absolute atomic E-state index is 0.172. The van der Waals surface area contributed by atoms with Crippen LogP contribution in [0.5, 0.6) is 0 Å². The van der Waals surface area contributed by atoms with E-state index < -0.39 is 17.3 Å². The summed E-state index contributed by atoms with van der Waals surface area (Å²) in [5.41, 5.74) is 0.260. The van der Waals surface area contributed by atoms with Gasteiger partial charge in [0.15, 0.2) is 0 Å². The van der Waals surface area contributed by atoms with Crippen molar-refractivity contribution in [2.24, 2.45) is 0 Å². The van der Waals surface area contributed by atoms with Crippen LogP contribution in [-0.2, 0) is 4.79 Å². The molecule has 5 heteroatoms. The molecule has 17 heavy (non-hydrogen) atoms. The van der Waals surface area contributed by atoms with Gasteiger partial charge in [-0.15, -0.1) is 0 Å². The second-order valence-electron chi connectivity index (χ2n) is 3.46. The lowest BCUT2D eigenvalue weighted by Crippen LogP contribution is -2.09. The summed E-state index contributed by atoms with van der Waals surface area (Å²) in [4.78, 5) is 24.4. The van der Waals surface area contributed by atoms with E-state index in [1.807, 2.05) is 0 Å². The zero-order valence-electron chi connectivity index (χ0n) is 8.61. The van der Waals surface area contributed by atoms with Crippen LogP contribution in [0.15, 0.2) is 35.1 Å². The molecular weight excluding hydrogens is 225 g/mol. The van der Waals surface area contributed by atoms with Gasteiger partial charge < -0.3 is 10.1 Å². The van der Waals surface area contributed by atoms with Crippen LogP contribution in [0.25, 0.3) is 17.0 Å². The zero-order chi connectivity index (χ0) is 12.4. The van der Waals surface area contributed by atoms with Crippen molar-refractivity contribution in [3.8, 4) is 0 Å². The molecule has 2 N–H and O–H groups in total. The van der Waals surface area contributed by atoms with Crippen molar-refractivity contribution in [1.29, 1.82) is 0 Å². The van der Waals surface area contributed by atoms with E-state index in [2.05, 4.69) is 4.98 Å². The quantitative estimate of drug-likeness (QED) is 0.776. The van der Waals surface area contributed by atoms with Crippen LogP contribution in [0.3, 0.4) is 0 Å². The van der Waals surface area contributed by atoms with Gasteiger partial charge in [0.05, 0.1) is 0 Å². The SMILES string of the molecule is O=C(O)/C=C/c1cc2cc(F)ccc2[nH]c1=O. The Kier molecular flexibility index (Phi) is 2.74. The molecule has 0 saturated heterocycles. The normalized spacial score (nSPS) is 11.1. The Morgan fingerprint density at radius 1 is 1.35 bits per heavy atom. The maximum absolute atomic E-state index is 13.0. The molecule has 0 aliphatic carbocycles. The first-order valence-corrected chi connectivity index (χ1v) is 4.80. The first kappa shape index (κ1) is 11.1. The summed E-state index contributed by atoms with van der Waals surface area (Å²) < 4.78 is 13.0. The van der Waals surface area contributed by atoms with Gasteiger partial charge in [-0.05, 0) is 30.3 Å². The molecule has 1 heterocycles. The van der Waals surface area contributed by atoms with Gasteiger partial charge in [-0.1, -0.05) is 0 Å². The number of carboxylic acids is 1. The van der Waals surface area contributed by atoms with Crippen LogP contribution in [0.4, 0.5) is 4.39 Å². The first-order valence-electron chi connectivity index (χ1n) is 4.80. The van der Waals surface area contributed by atoms with E-state index in [1.165, 1.54) is 30.3 Å². The number of halogens is 1. The van der Waals surface area contributed by atoms with Crippen LogP contribution in [0.1, 0.15) is 5.56 Å². The fraction of sp³-hybridized carbons (Fsp3) is 0. The Hall–Kier alpha value is -2.43. The third-order valence-electron chi connectivity index (χ3n) is 2.24. The predicted molar refractivity (Wildman–Crippen MR) is 61.2 cm³/mol. The average Bonchev–Trinajstić information content (AvgIpc) is 2.26. The molecule has 0 spiro atoms. The van der Waals surface area contributed by atoms with Crippen molar-refractivity contribution in [2.75, 3.05) is 0 Å². The highest BCUT2D eigenvalue weighted by molar-refractivity contribution is 5.87. The molecule has 1 aromatic carbocycles. The number of carboxylic acid groups (broad SMARTS) is 1. The van der Waals surface area contributed by atoms with Gasteiger partial charge >= 0.3 is 5.97 Å². The highest BCUT2D eigenvalue weighted by atomic mass is 19.1. The molecule has 2 aromatic rings. The van der Waals surface area contributed by atoms with Gasteiger partial charge in [-0.25, -0.2) is 9.18 Å². The number of aliphatic carboxylic acids is 1. The minimum Gasteiger partial charge on any atom is -0.478 e. The second-order valence-corrected chi connectivity index (χ2v) is 3.46. The molecule has 2 rings (SSSR count). The number of rotatable bonds is 2. The van der Waals surface area contributed by atoms with Gasteiger partial charge in [-0.3, -0.25) is 4.79 Å². The van der Waals surface area contributed by atoms with E-state index in [0.717, 1.165) is 6.08 Å². The molecule has 86 valence electrons. The molecule has 0 saturated carbocycles. The van der Waals surface area contributed by atoms with E-state index in [1.54, 1.807) is 0 Å². The van der Waals surface area contributed by atoms with E-state index in [-0.39, 0.29) is 5.56 Å². The number of aromatic amines is 1. The van der Waals surface area contributed by atoms with Crippen molar-refractivity contribution in [2.45, 2.75) is 0 Å². The van der Waals surface area contributed by atoms with Crippen LogP contribution in [0, 0.1) is 5.82 Å². The van der Waals surface area contributed by atoms with Gasteiger partial charge in [0.2, 0.25) is 0 Å². The topological polar surface area (TPSA) is 70.2 Å². The molecule has 0 amide bonds. The third kappa shape index (κ3) is 2.39. The monoisotopic (exact) mass is 233 g/mol. The summed E-state index contributed by atoms with van der Waals surface area (Å²) in [6, 6.07) is 5.40. The van der Waals surface area contributed by atoms with E-state index in [0.29, 0.717) is 10.9 Å². The number of hydrogen-bond acceptors (Lipinski definition) is 2. The van der Waals surface area contributed by atoms with Gasteiger partial charge in [0, 0.05) is 22.5 Å². The maximum atomic E-state index is 13.0. The van der Waals surface area contributed by atoms with Crippen molar-refractivity contribution < 1.29 is 14.3 Å². The molecule has 1 aromatic heterocycles. The summed E-state index contributed by atoms with van der Waals surface area (Å²) in [5.74, 6) is -1.57. The number of pyridine rings is 1. The maximum Gasteiger partial charge on any atom is 0.328 e. The lowest BCUT2D eigenvalue weighted by atomic mass is 10.1. The Bertz CT molecular complexity index is 673. The lowest BCUT2D eigenvalue weighted by molar-refractivity contribution is -0.131. The standard InChI is InChI=1S/C12H8FNO3/c13-9-2-3-10-8(6-9)5-7(12(17)14-10)1-4-11(15)16/h1-6H,(H,14,17)(H,15,16)/b4-1+. The van der Waals surface area contributed by atoms with Crippen LogP contribution in [0.2, 0.25) is 0 Å². The Morgan fingerprint density at radius 2 is 2.12 bits per heavy atom. The summed E-state index contributed by atoms with van der Waals surface area (Å²) >= 11 is 0. The minimum atomic E-state index is -1.15. The largest absolute Gasteiger partial charge is 0.478 e. The highest BCUT2D eigenvalue weighted by Crippen LogP contribution is 2.13. The van der Waals surface area contributed by atoms with Gasteiger partial charge in [-0.2, -0.15) is 0 Å². The highest BCUT2D eigenvalue weighted by Gasteiger charge is 2.01. The predicted octanol–water partition coefficient (Wildman–Crippen LogP) is 1.76. The Labute approximate surface area is 95.0 Å². The van der Waals surface area contributed by atoms with E-state index >= 15 is 0 Å². The summed E-state index contributed by atoms with van der Waals surface area (Å²) in [6.07, 6.45) is 2.03. The molecule has 0 aliphatic heterocycles. The summed E-state index contributed by atoms with van der Waals surface area (Å²) in [5, 5.41) is 8.97. The number of aromatic nitrogens is 1. The number of carbonyl (C=O) groups is 1. The molecule has 0 bridgehead atoms. The summed E-state index contributed by atoms with van der Waals surface area (Å²) in [6.45, 7) is 0. The van der Waals surface area contributed by atoms with Crippen molar-refractivity contribution in [1.82, 2.24) is 4.98 Å². The van der Waals surface area contributed by atoms with Gasteiger partial charge in [0.25, 0.3) is 5.56 Å². The molecule has 0 radical (unpaired) electrons. The molecule has 0 unspecified atom stereocenters. The lowest BCUT2D eigenvalue weighted by Gasteiger charge is -1.99. The number of nitrogens with one attached hydrogen (secondary N) is 1. The fourth-order valence-corrected chi connectivity index (χ4v) is 1.48. The smallest absolute Gasteiger partial charge is 0.328 e. The molecule has 4 nitrogen and oxygen atoms in total. The first-order chi connectivity index (χ1) is 8.06. The Morgan fingerprint density at radius 3 is 2.82 bits per heavy atom. The van der Waals surface area contributed by atoms with Crippen LogP contribution < -0.4 is 5.56 Å². The number of hydrogen-bond donors (Lipinski definition) is 2. The van der Waals surface area contributed by atoms with Crippen LogP contribution >= 0.6 is 0 Å². The van der Waals surface area contributed by atoms with Crippen molar-refractivity contribution in [3.63, 3.8) is 0 Å². The molecular formula is C12H8FNO3. The number of benzene rings is 1.